The molecule has 2 aromatic rings. The second-order valence-corrected chi connectivity index (χ2v) is 4.07. The number of hydrogen-bond donors (Lipinski definition) is 2. The molecule has 2 aromatic carbocycles. The second kappa shape index (κ2) is 5.82. The van der Waals surface area contributed by atoms with Crippen LogP contribution in [0.4, 0.5) is 5.69 Å². The number of carbonyl (C=O) groups excluding carboxylic acids is 1. The molecule has 0 aliphatic heterocycles. The van der Waals surface area contributed by atoms with Gasteiger partial charge in [0.1, 0.15) is 6.42 Å². The lowest BCUT2D eigenvalue weighted by atomic mass is 10.1. The van der Waals surface area contributed by atoms with E-state index in [0.717, 1.165) is 11.1 Å². The molecule has 0 atom stereocenters. The molecule has 0 unspecified atom stereocenters. The van der Waals surface area contributed by atoms with Crippen LogP contribution in [0.1, 0.15) is 6.42 Å². The van der Waals surface area contributed by atoms with Crippen LogP contribution in [-0.2, 0) is 9.59 Å². The summed E-state index contributed by atoms with van der Waals surface area (Å²) >= 11 is 0. The van der Waals surface area contributed by atoms with Gasteiger partial charge < -0.3 is 10.4 Å². The molecule has 0 aliphatic rings. The first-order chi connectivity index (χ1) is 9.15. The minimum atomic E-state index is -1.14. The number of aliphatic carboxylic acids is 1. The zero-order chi connectivity index (χ0) is 13.7. The zero-order valence-corrected chi connectivity index (χ0v) is 10.2. The topological polar surface area (TPSA) is 66.4 Å². The van der Waals surface area contributed by atoms with E-state index in [9.17, 15) is 9.59 Å². The van der Waals surface area contributed by atoms with Gasteiger partial charge in [0.2, 0.25) is 5.91 Å². The van der Waals surface area contributed by atoms with Gasteiger partial charge in [-0.2, -0.15) is 0 Å². The number of amides is 1. The van der Waals surface area contributed by atoms with Crippen molar-refractivity contribution in [2.24, 2.45) is 0 Å². The largest absolute Gasteiger partial charge is 0.481 e. The van der Waals surface area contributed by atoms with Crippen molar-refractivity contribution in [3.05, 3.63) is 54.6 Å². The first-order valence-corrected chi connectivity index (χ1v) is 5.82. The average molecular weight is 255 g/mol. The highest BCUT2D eigenvalue weighted by Gasteiger charge is 2.08. The highest BCUT2D eigenvalue weighted by molar-refractivity contribution is 6.01. The Kier molecular flexibility index (Phi) is 3.93. The van der Waals surface area contributed by atoms with Gasteiger partial charge in [-0.25, -0.2) is 0 Å². The zero-order valence-electron chi connectivity index (χ0n) is 10.2. The summed E-state index contributed by atoms with van der Waals surface area (Å²) in [5.41, 5.74) is 2.60. The Morgan fingerprint density at radius 3 is 2.32 bits per heavy atom. The molecule has 19 heavy (non-hydrogen) atoms. The summed E-state index contributed by atoms with van der Waals surface area (Å²) in [6, 6.07) is 17.0. The van der Waals surface area contributed by atoms with Crippen LogP contribution in [0.15, 0.2) is 54.6 Å². The SMILES string of the molecule is O=C(O)CC(=O)Nc1cccc(-c2ccccc2)c1. The lowest BCUT2D eigenvalue weighted by Crippen LogP contribution is -2.15. The summed E-state index contributed by atoms with van der Waals surface area (Å²) in [6.07, 6.45) is -0.532. The van der Waals surface area contributed by atoms with Crippen LogP contribution in [0, 0.1) is 0 Å². The van der Waals surface area contributed by atoms with E-state index in [1.165, 1.54) is 0 Å². The lowest BCUT2D eigenvalue weighted by Gasteiger charge is -2.06. The quantitative estimate of drug-likeness (QED) is 0.825. The molecule has 1 amide bonds. The fourth-order valence-electron chi connectivity index (χ4n) is 1.75. The van der Waals surface area contributed by atoms with Crippen molar-refractivity contribution in [2.75, 3.05) is 5.32 Å². The Morgan fingerprint density at radius 2 is 1.63 bits per heavy atom. The molecule has 0 aromatic heterocycles. The Morgan fingerprint density at radius 1 is 0.947 bits per heavy atom. The van der Waals surface area contributed by atoms with E-state index in [1.54, 1.807) is 6.07 Å². The fraction of sp³-hybridized carbons (Fsp3) is 0.0667. The molecular formula is C15H13NO3. The number of benzene rings is 2. The Balaban J connectivity index is 2.16. The van der Waals surface area contributed by atoms with Crippen LogP contribution >= 0.6 is 0 Å². The molecule has 0 radical (unpaired) electrons. The third-order valence-electron chi connectivity index (χ3n) is 2.57. The third-order valence-corrected chi connectivity index (χ3v) is 2.57. The standard InChI is InChI=1S/C15H13NO3/c17-14(10-15(18)19)16-13-8-4-7-12(9-13)11-5-2-1-3-6-11/h1-9H,10H2,(H,16,17)(H,18,19). The molecular weight excluding hydrogens is 242 g/mol. The van der Waals surface area contributed by atoms with Crippen LogP contribution < -0.4 is 5.32 Å². The predicted molar refractivity (Wildman–Crippen MR) is 72.8 cm³/mol. The van der Waals surface area contributed by atoms with Gasteiger partial charge >= 0.3 is 5.97 Å². The molecule has 0 aliphatic carbocycles. The molecule has 2 N–H and O–H groups in total. The van der Waals surface area contributed by atoms with Gasteiger partial charge in [-0.15, -0.1) is 0 Å². The number of carboxylic acids is 1. The van der Waals surface area contributed by atoms with E-state index < -0.39 is 18.3 Å². The van der Waals surface area contributed by atoms with Gasteiger partial charge in [0.15, 0.2) is 0 Å². The molecule has 0 saturated heterocycles. The first-order valence-electron chi connectivity index (χ1n) is 5.82. The number of nitrogens with one attached hydrogen (secondary N) is 1. The maximum Gasteiger partial charge on any atom is 0.312 e. The number of hydrogen-bond acceptors (Lipinski definition) is 2. The van der Waals surface area contributed by atoms with Gasteiger partial charge in [-0.1, -0.05) is 42.5 Å². The van der Waals surface area contributed by atoms with Gasteiger partial charge in [-0.05, 0) is 23.3 Å². The van der Waals surface area contributed by atoms with Crippen LogP contribution in [0.5, 0.6) is 0 Å². The van der Waals surface area contributed by atoms with E-state index in [2.05, 4.69) is 5.32 Å². The first kappa shape index (κ1) is 12.8. The third kappa shape index (κ3) is 3.67. The van der Waals surface area contributed by atoms with Crippen LogP contribution in [0.25, 0.3) is 11.1 Å². The number of rotatable bonds is 4. The van der Waals surface area contributed by atoms with Gasteiger partial charge in [0.05, 0.1) is 0 Å². The molecule has 4 nitrogen and oxygen atoms in total. The molecule has 96 valence electrons. The van der Waals surface area contributed by atoms with Crippen molar-refractivity contribution in [2.45, 2.75) is 6.42 Å². The summed E-state index contributed by atoms with van der Waals surface area (Å²) in [5.74, 6) is -1.67. The maximum atomic E-state index is 11.4. The summed E-state index contributed by atoms with van der Waals surface area (Å²) < 4.78 is 0. The Bertz CT molecular complexity index is 593. The molecule has 4 heteroatoms. The van der Waals surface area contributed by atoms with Crippen LogP contribution in [-0.4, -0.2) is 17.0 Å². The fourth-order valence-corrected chi connectivity index (χ4v) is 1.75. The number of carboxylic acid groups (broad SMARTS) is 1. The number of anilines is 1. The summed E-state index contributed by atoms with van der Waals surface area (Å²) in [6.45, 7) is 0. The Labute approximate surface area is 110 Å². The molecule has 0 bridgehead atoms. The molecule has 0 saturated carbocycles. The van der Waals surface area contributed by atoms with Crippen LogP contribution in [0.2, 0.25) is 0 Å². The van der Waals surface area contributed by atoms with E-state index >= 15 is 0 Å². The van der Waals surface area contributed by atoms with E-state index in [1.807, 2.05) is 48.5 Å². The van der Waals surface area contributed by atoms with Gasteiger partial charge in [0, 0.05) is 5.69 Å². The van der Waals surface area contributed by atoms with E-state index in [0.29, 0.717) is 5.69 Å². The number of carbonyl (C=O) groups is 2. The highest BCUT2D eigenvalue weighted by Crippen LogP contribution is 2.22. The summed E-state index contributed by atoms with van der Waals surface area (Å²) in [5, 5.41) is 11.1. The Hall–Kier alpha value is -2.62. The molecule has 0 heterocycles. The van der Waals surface area contributed by atoms with Gasteiger partial charge in [0.25, 0.3) is 0 Å². The van der Waals surface area contributed by atoms with Crippen molar-refractivity contribution in [1.82, 2.24) is 0 Å². The van der Waals surface area contributed by atoms with Crippen molar-refractivity contribution in [3.63, 3.8) is 0 Å². The molecule has 2 rings (SSSR count). The lowest BCUT2D eigenvalue weighted by molar-refractivity contribution is -0.139. The minimum Gasteiger partial charge on any atom is -0.481 e. The van der Waals surface area contributed by atoms with E-state index in [4.69, 9.17) is 5.11 Å². The van der Waals surface area contributed by atoms with Gasteiger partial charge in [-0.3, -0.25) is 9.59 Å². The maximum absolute atomic E-state index is 11.4. The summed E-state index contributed by atoms with van der Waals surface area (Å²) in [4.78, 5) is 21.8. The van der Waals surface area contributed by atoms with Crippen molar-refractivity contribution < 1.29 is 14.7 Å². The van der Waals surface area contributed by atoms with E-state index in [-0.39, 0.29) is 0 Å². The van der Waals surface area contributed by atoms with Crippen LogP contribution in [0.3, 0.4) is 0 Å². The van der Waals surface area contributed by atoms with Crippen molar-refractivity contribution in [1.29, 1.82) is 0 Å². The van der Waals surface area contributed by atoms with Crippen molar-refractivity contribution >= 4 is 17.6 Å². The predicted octanol–water partition coefficient (Wildman–Crippen LogP) is 2.77. The average Bonchev–Trinajstić information content (AvgIpc) is 2.39. The normalized spacial score (nSPS) is 9.89. The molecule has 0 fully saturated rings. The highest BCUT2D eigenvalue weighted by atomic mass is 16.4. The smallest absolute Gasteiger partial charge is 0.312 e. The second-order valence-electron chi connectivity index (χ2n) is 4.07. The summed E-state index contributed by atoms with van der Waals surface area (Å²) in [7, 11) is 0. The monoisotopic (exact) mass is 255 g/mol. The van der Waals surface area contributed by atoms with Crippen molar-refractivity contribution in [3.8, 4) is 11.1 Å². The minimum absolute atomic E-state index is 0.530. The molecule has 0 spiro atoms.